The summed E-state index contributed by atoms with van der Waals surface area (Å²) in [7, 11) is 1.49. The third-order valence-corrected chi connectivity index (χ3v) is 3.77. The molecule has 0 saturated heterocycles. The Morgan fingerprint density at radius 2 is 1.83 bits per heavy atom. The summed E-state index contributed by atoms with van der Waals surface area (Å²) in [4.78, 5) is 7.83. The molecular weight excluding hydrogens is 411 g/mol. The first-order chi connectivity index (χ1) is 14.2. The lowest BCUT2D eigenvalue weighted by Gasteiger charge is -2.16. The molecule has 0 bridgehead atoms. The number of halogens is 5. The fraction of sp³-hybridized carbons (Fsp3) is 0.368. The van der Waals surface area contributed by atoms with Crippen LogP contribution in [-0.4, -0.2) is 37.4 Å². The minimum atomic E-state index is -4.48. The number of ether oxygens (including phenoxy) is 2. The van der Waals surface area contributed by atoms with Crippen LogP contribution in [0.5, 0.6) is 11.6 Å². The van der Waals surface area contributed by atoms with Gasteiger partial charge in [0.05, 0.1) is 0 Å². The normalized spacial score (nSPS) is 12.1. The van der Waals surface area contributed by atoms with Crippen molar-refractivity contribution in [3.05, 3.63) is 53.2 Å². The van der Waals surface area contributed by atoms with E-state index in [4.69, 9.17) is 4.74 Å². The Labute approximate surface area is 170 Å². The highest BCUT2D eigenvalue weighted by molar-refractivity contribution is 5.79. The van der Waals surface area contributed by atoms with Gasteiger partial charge in [-0.3, -0.25) is 4.99 Å². The molecule has 2 aromatic rings. The van der Waals surface area contributed by atoms with E-state index in [2.05, 4.69) is 25.3 Å². The number of nitrogens with one attached hydrogen (secondary N) is 2. The van der Waals surface area contributed by atoms with Gasteiger partial charge in [-0.2, -0.15) is 22.0 Å². The molecule has 1 aromatic carbocycles. The summed E-state index contributed by atoms with van der Waals surface area (Å²) in [5.41, 5.74) is 1.74. The largest absolute Gasteiger partial charge is 0.468 e. The number of benzene rings is 1. The SMILES string of the molecule is CN=C(NCc1cc(C)ccc1OC(F)F)NCc1cccnc1OCC(F)(F)F. The summed E-state index contributed by atoms with van der Waals surface area (Å²) in [6, 6.07) is 7.93. The summed E-state index contributed by atoms with van der Waals surface area (Å²) in [6.07, 6.45) is -3.16. The predicted molar refractivity (Wildman–Crippen MR) is 101 cm³/mol. The number of rotatable bonds is 8. The molecule has 2 rings (SSSR count). The van der Waals surface area contributed by atoms with E-state index in [1.165, 1.54) is 19.3 Å². The van der Waals surface area contributed by atoms with Crippen LogP contribution in [0.2, 0.25) is 0 Å². The molecule has 0 amide bonds. The topological polar surface area (TPSA) is 67.8 Å². The van der Waals surface area contributed by atoms with E-state index in [0.29, 0.717) is 17.1 Å². The highest BCUT2D eigenvalue weighted by Crippen LogP contribution is 2.22. The van der Waals surface area contributed by atoms with Gasteiger partial charge in [-0.1, -0.05) is 23.8 Å². The van der Waals surface area contributed by atoms with Gasteiger partial charge in [0, 0.05) is 37.5 Å². The van der Waals surface area contributed by atoms with Gasteiger partial charge >= 0.3 is 12.8 Å². The molecule has 0 saturated carbocycles. The number of aliphatic imine (C=N–C) groups is 1. The molecule has 1 heterocycles. The van der Waals surface area contributed by atoms with Crippen molar-refractivity contribution in [2.24, 2.45) is 4.99 Å². The van der Waals surface area contributed by atoms with Crippen LogP contribution >= 0.6 is 0 Å². The van der Waals surface area contributed by atoms with Crippen molar-refractivity contribution in [3.8, 4) is 11.6 Å². The molecule has 30 heavy (non-hydrogen) atoms. The Balaban J connectivity index is 1.99. The average molecular weight is 432 g/mol. The van der Waals surface area contributed by atoms with Crippen molar-refractivity contribution in [1.82, 2.24) is 15.6 Å². The predicted octanol–water partition coefficient (Wildman–Crippen LogP) is 3.80. The van der Waals surface area contributed by atoms with E-state index >= 15 is 0 Å². The van der Waals surface area contributed by atoms with Crippen LogP contribution in [0.15, 0.2) is 41.5 Å². The lowest BCUT2D eigenvalue weighted by atomic mass is 10.1. The number of pyridine rings is 1. The zero-order chi connectivity index (χ0) is 22.1. The van der Waals surface area contributed by atoms with Crippen LogP contribution in [0.1, 0.15) is 16.7 Å². The Morgan fingerprint density at radius 1 is 1.13 bits per heavy atom. The fourth-order valence-corrected chi connectivity index (χ4v) is 2.47. The van der Waals surface area contributed by atoms with Crippen molar-refractivity contribution in [2.45, 2.75) is 32.8 Å². The standard InChI is InChI=1S/C19H21F5N4O2/c1-12-5-6-15(30-17(20)21)14(8-12)10-28-18(25-2)27-9-13-4-3-7-26-16(13)29-11-19(22,23)24/h3-8,17H,9-11H2,1-2H3,(H2,25,27,28). The van der Waals surface area contributed by atoms with E-state index in [1.54, 1.807) is 24.3 Å². The first kappa shape index (κ1) is 23.2. The summed E-state index contributed by atoms with van der Waals surface area (Å²) in [6.45, 7) is -2.38. The van der Waals surface area contributed by atoms with E-state index in [-0.39, 0.29) is 24.7 Å². The number of aryl methyl sites for hydroxylation is 1. The maximum Gasteiger partial charge on any atom is 0.422 e. The smallest absolute Gasteiger partial charge is 0.422 e. The molecule has 0 fully saturated rings. The molecule has 164 valence electrons. The number of hydrogen-bond acceptors (Lipinski definition) is 4. The van der Waals surface area contributed by atoms with Gasteiger partial charge in [0.15, 0.2) is 12.6 Å². The van der Waals surface area contributed by atoms with Crippen molar-refractivity contribution in [3.63, 3.8) is 0 Å². The molecule has 0 aliphatic rings. The zero-order valence-electron chi connectivity index (χ0n) is 16.3. The number of aromatic nitrogens is 1. The third kappa shape index (κ3) is 7.72. The molecule has 0 aliphatic carbocycles. The maximum atomic E-state index is 12.6. The second kappa shape index (κ2) is 10.6. The van der Waals surface area contributed by atoms with Crippen molar-refractivity contribution in [1.29, 1.82) is 0 Å². The maximum absolute atomic E-state index is 12.6. The monoisotopic (exact) mass is 432 g/mol. The second-order valence-corrected chi connectivity index (χ2v) is 6.14. The number of nitrogens with zero attached hydrogens (tertiary/aromatic N) is 2. The highest BCUT2D eigenvalue weighted by Gasteiger charge is 2.29. The van der Waals surface area contributed by atoms with Gasteiger partial charge in [-0.15, -0.1) is 0 Å². The molecule has 1 aromatic heterocycles. The van der Waals surface area contributed by atoms with Crippen LogP contribution < -0.4 is 20.1 Å². The lowest BCUT2D eigenvalue weighted by Crippen LogP contribution is -2.36. The van der Waals surface area contributed by atoms with Crippen LogP contribution in [0.4, 0.5) is 22.0 Å². The third-order valence-electron chi connectivity index (χ3n) is 3.77. The minimum Gasteiger partial charge on any atom is -0.468 e. The molecule has 6 nitrogen and oxygen atoms in total. The zero-order valence-corrected chi connectivity index (χ0v) is 16.3. The van der Waals surface area contributed by atoms with Gasteiger partial charge < -0.3 is 20.1 Å². The van der Waals surface area contributed by atoms with E-state index in [0.717, 1.165) is 5.56 Å². The molecule has 0 aliphatic heterocycles. The van der Waals surface area contributed by atoms with Crippen molar-refractivity contribution < 1.29 is 31.4 Å². The molecule has 2 N–H and O–H groups in total. The van der Waals surface area contributed by atoms with Crippen molar-refractivity contribution in [2.75, 3.05) is 13.7 Å². The van der Waals surface area contributed by atoms with Crippen LogP contribution in [0, 0.1) is 6.92 Å². The summed E-state index contributed by atoms with van der Waals surface area (Å²) in [5.74, 6) is 0.183. The van der Waals surface area contributed by atoms with Gasteiger partial charge in [0.2, 0.25) is 5.88 Å². The Kier molecular flexibility index (Phi) is 8.19. The quantitative estimate of drug-likeness (QED) is 0.377. The number of alkyl halides is 5. The first-order valence-corrected chi connectivity index (χ1v) is 8.80. The Bertz CT molecular complexity index is 859. The number of guanidine groups is 1. The molecule has 11 heteroatoms. The lowest BCUT2D eigenvalue weighted by molar-refractivity contribution is -0.154. The molecule has 0 atom stereocenters. The Morgan fingerprint density at radius 3 is 2.47 bits per heavy atom. The fourth-order valence-electron chi connectivity index (χ4n) is 2.47. The molecular formula is C19H21F5N4O2. The molecule has 0 spiro atoms. The first-order valence-electron chi connectivity index (χ1n) is 8.80. The number of hydrogen-bond donors (Lipinski definition) is 2. The van der Waals surface area contributed by atoms with Gasteiger partial charge in [0.25, 0.3) is 0 Å². The van der Waals surface area contributed by atoms with E-state index in [9.17, 15) is 22.0 Å². The second-order valence-electron chi connectivity index (χ2n) is 6.14. The Hall–Kier alpha value is -3.11. The summed E-state index contributed by atoms with van der Waals surface area (Å²) in [5, 5.41) is 5.86. The molecule has 0 unspecified atom stereocenters. The van der Waals surface area contributed by atoms with Gasteiger partial charge in [-0.05, 0) is 19.1 Å². The highest BCUT2D eigenvalue weighted by atomic mass is 19.4. The van der Waals surface area contributed by atoms with Crippen LogP contribution in [0.3, 0.4) is 0 Å². The van der Waals surface area contributed by atoms with Gasteiger partial charge in [0.1, 0.15) is 5.75 Å². The van der Waals surface area contributed by atoms with Crippen LogP contribution in [0.25, 0.3) is 0 Å². The van der Waals surface area contributed by atoms with Gasteiger partial charge in [-0.25, -0.2) is 4.98 Å². The average Bonchev–Trinajstić information content (AvgIpc) is 2.68. The molecule has 0 radical (unpaired) electrons. The van der Waals surface area contributed by atoms with E-state index in [1.807, 2.05) is 6.92 Å². The van der Waals surface area contributed by atoms with Crippen LogP contribution in [-0.2, 0) is 13.1 Å². The summed E-state index contributed by atoms with van der Waals surface area (Å²) >= 11 is 0. The minimum absolute atomic E-state index is 0.0358. The van der Waals surface area contributed by atoms with Crippen molar-refractivity contribution >= 4 is 5.96 Å². The van der Waals surface area contributed by atoms with E-state index < -0.39 is 19.4 Å². The summed E-state index contributed by atoms with van der Waals surface area (Å²) < 4.78 is 71.6.